The lowest BCUT2D eigenvalue weighted by molar-refractivity contribution is 0.0940. The fraction of sp³-hybridized carbons (Fsp3) is 0.368. The lowest BCUT2D eigenvalue weighted by Gasteiger charge is -2.19. The largest absolute Gasteiger partial charge is 0.496 e. The van der Waals surface area contributed by atoms with Crippen LogP contribution in [0.1, 0.15) is 41.4 Å². The molecule has 0 bridgehead atoms. The first-order valence-electron chi connectivity index (χ1n) is 8.13. The summed E-state index contributed by atoms with van der Waals surface area (Å²) in [6, 6.07) is 5.41. The van der Waals surface area contributed by atoms with Crippen molar-refractivity contribution in [1.29, 1.82) is 0 Å². The minimum Gasteiger partial charge on any atom is -0.496 e. The van der Waals surface area contributed by atoms with Crippen molar-refractivity contribution < 1.29 is 14.6 Å². The molecule has 6 heteroatoms. The molecular weight excluding hydrogens is 340 g/mol. The van der Waals surface area contributed by atoms with Crippen LogP contribution in [0, 0.1) is 6.92 Å². The van der Waals surface area contributed by atoms with E-state index in [0.29, 0.717) is 10.7 Å². The highest BCUT2D eigenvalue weighted by atomic mass is 35.5. The summed E-state index contributed by atoms with van der Waals surface area (Å²) < 4.78 is 5.67. The third-order valence-corrected chi connectivity index (χ3v) is 4.41. The van der Waals surface area contributed by atoms with Crippen molar-refractivity contribution in [1.82, 2.24) is 10.3 Å². The summed E-state index contributed by atoms with van der Waals surface area (Å²) in [5.41, 5.74) is 3.94. The van der Waals surface area contributed by atoms with Crippen LogP contribution in [0.3, 0.4) is 0 Å². The predicted octanol–water partition coefficient (Wildman–Crippen LogP) is 3.56. The summed E-state index contributed by atoms with van der Waals surface area (Å²) in [5.74, 6) is 0.706. The smallest absolute Gasteiger partial charge is 0.269 e. The minimum absolute atomic E-state index is 0.110. The van der Waals surface area contributed by atoms with E-state index >= 15 is 0 Å². The van der Waals surface area contributed by atoms with Crippen molar-refractivity contribution in [3.63, 3.8) is 0 Å². The fourth-order valence-corrected chi connectivity index (χ4v) is 2.89. The van der Waals surface area contributed by atoms with E-state index in [9.17, 15) is 4.79 Å². The van der Waals surface area contributed by atoms with E-state index in [1.54, 1.807) is 19.4 Å². The van der Waals surface area contributed by atoms with Gasteiger partial charge in [-0.25, -0.2) is 0 Å². The molecule has 1 amide bonds. The number of carbonyl (C=O) groups excluding carboxylic acids is 1. The van der Waals surface area contributed by atoms with Gasteiger partial charge in [0.15, 0.2) is 0 Å². The molecule has 134 valence electrons. The zero-order valence-corrected chi connectivity index (χ0v) is 15.6. The summed E-state index contributed by atoms with van der Waals surface area (Å²) in [7, 11) is 1.64. The van der Waals surface area contributed by atoms with Gasteiger partial charge in [0.2, 0.25) is 0 Å². The molecule has 1 aromatic carbocycles. The topological polar surface area (TPSA) is 71.5 Å². The Labute approximate surface area is 153 Å². The standard InChI is InChI=1S/C19H23ClN2O3/c1-11(2)14-9-15(20)12(3)17(18(14)25-4)13-5-6-16(22-10-13)19(24)21-7-8-23/h5-6,9-11,23H,7-8H2,1-4H3,(H,21,24). The van der Waals surface area contributed by atoms with Crippen molar-refractivity contribution in [2.45, 2.75) is 26.7 Å². The number of nitrogens with zero attached hydrogens (tertiary/aromatic N) is 1. The van der Waals surface area contributed by atoms with Crippen LogP contribution >= 0.6 is 11.6 Å². The molecule has 0 saturated heterocycles. The molecule has 0 atom stereocenters. The van der Waals surface area contributed by atoms with Crippen LogP contribution < -0.4 is 10.1 Å². The van der Waals surface area contributed by atoms with Gasteiger partial charge in [-0.2, -0.15) is 0 Å². The number of aliphatic hydroxyl groups is 1. The quantitative estimate of drug-likeness (QED) is 0.824. The molecule has 2 aromatic rings. The van der Waals surface area contributed by atoms with Crippen LogP contribution in [0.15, 0.2) is 24.4 Å². The SMILES string of the molecule is COc1c(C(C)C)cc(Cl)c(C)c1-c1ccc(C(=O)NCCO)nc1. The highest BCUT2D eigenvalue weighted by molar-refractivity contribution is 6.32. The van der Waals surface area contributed by atoms with Gasteiger partial charge in [0.25, 0.3) is 5.91 Å². The first-order chi connectivity index (χ1) is 11.9. The van der Waals surface area contributed by atoms with Crippen molar-refractivity contribution in [2.75, 3.05) is 20.3 Å². The maximum atomic E-state index is 11.9. The van der Waals surface area contributed by atoms with Gasteiger partial charge in [0.05, 0.1) is 13.7 Å². The van der Waals surface area contributed by atoms with Crippen molar-refractivity contribution in [2.24, 2.45) is 0 Å². The molecule has 1 aromatic heterocycles. The Balaban J connectivity index is 2.49. The summed E-state index contributed by atoms with van der Waals surface area (Å²) in [5, 5.41) is 12.0. The number of rotatable bonds is 6. The second-order valence-corrected chi connectivity index (χ2v) is 6.45. The summed E-state index contributed by atoms with van der Waals surface area (Å²) >= 11 is 6.42. The molecule has 5 nitrogen and oxygen atoms in total. The van der Waals surface area contributed by atoms with Gasteiger partial charge < -0.3 is 15.2 Å². The normalized spacial score (nSPS) is 10.8. The molecule has 2 N–H and O–H groups in total. The number of aromatic nitrogens is 1. The van der Waals surface area contributed by atoms with Crippen LogP contribution in [-0.2, 0) is 0 Å². The zero-order chi connectivity index (χ0) is 18.6. The maximum Gasteiger partial charge on any atom is 0.269 e. The number of hydrogen-bond acceptors (Lipinski definition) is 4. The Morgan fingerprint density at radius 3 is 2.64 bits per heavy atom. The van der Waals surface area contributed by atoms with Gasteiger partial charge in [-0.05, 0) is 36.1 Å². The van der Waals surface area contributed by atoms with Crippen LogP contribution in [0.2, 0.25) is 5.02 Å². The second-order valence-electron chi connectivity index (χ2n) is 6.05. The number of nitrogens with one attached hydrogen (secondary N) is 1. The predicted molar refractivity (Wildman–Crippen MR) is 99.5 cm³/mol. The average molecular weight is 363 g/mol. The average Bonchev–Trinajstić information content (AvgIpc) is 2.61. The Morgan fingerprint density at radius 2 is 2.12 bits per heavy atom. The number of hydrogen-bond donors (Lipinski definition) is 2. The van der Waals surface area contributed by atoms with Gasteiger partial charge in [0.1, 0.15) is 11.4 Å². The van der Waals surface area contributed by atoms with E-state index in [0.717, 1.165) is 28.0 Å². The van der Waals surface area contributed by atoms with E-state index in [-0.39, 0.29) is 25.0 Å². The molecule has 0 saturated carbocycles. The zero-order valence-electron chi connectivity index (χ0n) is 14.9. The van der Waals surface area contributed by atoms with E-state index in [1.807, 2.05) is 19.1 Å². The van der Waals surface area contributed by atoms with E-state index in [2.05, 4.69) is 24.1 Å². The van der Waals surface area contributed by atoms with Crippen molar-refractivity contribution in [3.8, 4) is 16.9 Å². The second kappa shape index (κ2) is 8.32. The molecule has 0 radical (unpaired) electrons. The number of pyridine rings is 1. The monoisotopic (exact) mass is 362 g/mol. The molecule has 2 rings (SSSR count). The Kier molecular flexibility index (Phi) is 6.39. The van der Waals surface area contributed by atoms with E-state index in [1.165, 1.54) is 0 Å². The Hall–Kier alpha value is -2.11. The molecule has 1 heterocycles. The molecule has 0 unspecified atom stereocenters. The van der Waals surface area contributed by atoms with Gasteiger partial charge in [-0.15, -0.1) is 0 Å². The summed E-state index contributed by atoms with van der Waals surface area (Å²) in [4.78, 5) is 16.1. The van der Waals surface area contributed by atoms with Gasteiger partial charge in [-0.3, -0.25) is 9.78 Å². The lowest BCUT2D eigenvalue weighted by Crippen LogP contribution is -2.27. The first-order valence-corrected chi connectivity index (χ1v) is 8.51. The lowest BCUT2D eigenvalue weighted by atomic mass is 9.92. The molecule has 0 fully saturated rings. The van der Waals surface area contributed by atoms with Crippen LogP contribution in [0.4, 0.5) is 0 Å². The number of benzene rings is 1. The fourth-order valence-electron chi connectivity index (χ4n) is 2.68. The number of carbonyl (C=O) groups is 1. The van der Waals surface area contributed by atoms with Crippen LogP contribution in [0.5, 0.6) is 5.75 Å². The Morgan fingerprint density at radius 1 is 1.40 bits per heavy atom. The molecule has 0 spiro atoms. The number of ether oxygens (including phenoxy) is 1. The van der Waals surface area contributed by atoms with Crippen LogP contribution in [-0.4, -0.2) is 36.3 Å². The number of amides is 1. The number of methoxy groups -OCH3 is 1. The summed E-state index contributed by atoms with van der Waals surface area (Å²) in [6.45, 7) is 6.19. The van der Waals surface area contributed by atoms with Crippen LogP contribution in [0.25, 0.3) is 11.1 Å². The molecule has 0 aliphatic carbocycles. The maximum absolute atomic E-state index is 11.9. The van der Waals surface area contributed by atoms with Gasteiger partial charge >= 0.3 is 0 Å². The van der Waals surface area contributed by atoms with Gasteiger partial charge in [-0.1, -0.05) is 31.5 Å². The summed E-state index contributed by atoms with van der Waals surface area (Å²) in [6.07, 6.45) is 1.64. The number of halogens is 1. The van der Waals surface area contributed by atoms with E-state index in [4.69, 9.17) is 21.4 Å². The third kappa shape index (κ3) is 4.11. The molecule has 0 aliphatic rings. The van der Waals surface area contributed by atoms with Crippen molar-refractivity contribution in [3.05, 3.63) is 46.2 Å². The Bertz CT molecular complexity index is 758. The molecule has 0 aliphatic heterocycles. The van der Waals surface area contributed by atoms with Gasteiger partial charge in [0, 0.05) is 28.9 Å². The first kappa shape index (κ1) is 19.2. The van der Waals surface area contributed by atoms with Crippen molar-refractivity contribution >= 4 is 17.5 Å². The highest BCUT2D eigenvalue weighted by Gasteiger charge is 2.19. The molecular formula is C19H23ClN2O3. The number of aliphatic hydroxyl groups excluding tert-OH is 1. The van der Waals surface area contributed by atoms with E-state index < -0.39 is 0 Å². The third-order valence-electron chi connectivity index (χ3n) is 4.01. The minimum atomic E-state index is -0.321. The molecule has 25 heavy (non-hydrogen) atoms. The highest BCUT2D eigenvalue weighted by Crippen LogP contribution is 2.42.